The molecule has 2 aliphatic rings. The van der Waals surface area contributed by atoms with Crippen LogP contribution in [0.5, 0.6) is 17.4 Å². The first-order valence-electron chi connectivity index (χ1n) is 11.2. The lowest BCUT2D eigenvalue weighted by Gasteiger charge is -2.17. The second kappa shape index (κ2) is 9.12. The third-order valence-corrected chi connectivity index (χ3v) is 6.28. The standard InChI is InChI=1S/C23H28N4O6/c1-13-19(28)20(29)23(32-13)27-12-26-18-21(27)24-11-25-22(18)31-10-14-7-8-16(30-2)17(9-14)33-15-5-3-4-6-15/h7-9,11-13,15,19-20,23,28-29H,3-6,10H2,1-2H3/t13-,19-,20-,23-/m1/s1. The van der Waals surface area contributed by atoms with Crippen LogP contribution in [0.3, 0.4) is 0 Å². The smallest absolute Gasteiger partial charge is 0.245 e. The Labute approximate surface area is 191 Å². The second-order valence-corrected chi connectivity index (χ2v) is 8.51. The van der Waals surface area contributed by atoms with Crippen LogP contribution in [-0.2, 0) is 11.3 Å². The number of nitrogens with zero attached hydrogens (tertiary/aromatic N) is 4. The average Bonchev–Trinajstić information content (AvgIpc) is 3.55. The van der Waals surface area contributed by atoms with E-state index in [-0.39, 0.29) is 12.7 Å². The minimum atomic E-state index is -1.09. The predicted octanol–water partition coefficient (Wildman–Crippen LogP) is 2.37. The van der Waals surface area contributed by atoms with Crippen LogP contribution in [0.4, 0.5) is 0 Å². The summed E-state index contributed by atoms with van der Waals surface area (Å²) in [6.07, 6.45) is 4.22. The van der Waals surface area contributed by atoms with Gasteiger partial charge >= 0.3 is 0 Å². The fraction of sp³-hybridized carbons (Fsp3) is 0.522. The van der Waals surface area contributed by atoms with Gasteiger partial charge < -0.3 is 29.2 Å². The van der Waals surface area contributed by atoms with Crippen molar-refractivity contribution < 1.29 is 29.2 Å². The molecule has 0 bridgehead atoms. The molecule has 2 N–H and O–H groups in total. The number of benzene rings is 1. The Kier molecular flexibility index (Phi) is 6.05. The summed E-state index contributed by atoms with van der Waals surface area (Å²) >= 11 is 0. The number of fused-ring (bicyclic) bond motifs is 1. The van der Waals surface area contributed by atoms with Crippen molar-refractivity contribution in [3.05, 3.63) is 36.4 Å². The highest BCUT2D eigenvalue weighted by atomic mass is 16.6. The summed E-state index contributed by atoms with van der Waals surface area (Å²) in [4.78, 5) is 12.9. The zero-order valence-corrected chi connectivity index (χ0v) is 18.6. The first-order chi connectivity index (χ1) is 16.0. The van der Waals surface area contributed by atoms with Crippen LogP contribution in [0, 0.1) is 0 Å². The molecule has 3 heterocycles. The number of hydrogen-bond donors (Lipinski definition) is 2. The minimum Gasteiger partial charge on any atom is -0.493 e. The van der Waals surface area contributed by atoms with E-state index in [2.05, 4.69) is 15.0 Å². The first kappa shape index (κ1) is 21.9. The van der Waals surface area contributed by atoms with Crippen molar-refractivity contribution in [2.75, 3.05) is 7.11 Å². The van der Waals surface area contributed by atoms with Crippen molar-refractivity contribution in [1.82, 2.24) is 19.5 Å². The van der Waals surface area contributed by atoms with Gasteiger partial charge in [0.1, 0.15) is 25.1 Å². The van der Waals surface area contributed by atoms with Crippen LogP contribution >= 0.6 is 0 Å². The van der Waals surface area contributed by atoms with Gasteiger partial charge in [-0.15, -0.1) is 0 Å². The maximum absolute atomic E-state index is 10.3. The van der Waals surface area contributed by atoms with Crippen molar-refractivity contribution in [3.8, 4) is 17.4 Å². The topological polar surface area (TPSA) is 121 Å². The molecule has 33 heavy (non-hydrogen) atoms. The van der Waals surface area contributed by atoms with Crippen LogP contribution < -0.4 is 14.2 Å². The highest BCUT2D eigenvalue weighted by Gasteiger charge is 2.42. The van der Waals surface area contributed by atoms with E-state index in [0.717, 1.165) is 18.4 Å². The molecule has 1 saturated heterocycles. The Morgan fingerprint density at radius 1 is 1.09 bits per heavy atom. The summed E-state index contributed by atoms with van der Waals surface area (Å²) in [6, 6.07) is 5.72. The van der Waals surface area contributed by atoms with E-state index in [1.165, 1.54) is 25.5 Å². The van der Waals surface area contributed by atoms with E-state index < -0.39 is 24.5 Å². The summed E-state index contributed by atoms with van der Waals surface area (Å²) in [5.41, 5.74) is 1.80. The molecular weight excluding hydrogens is 428 g/mol. The monoisotopic (exact) mass is 456 g/mol. The lowest BCUT2D eigenvalue weighted by Crippen LogP contribution is -2.30. The number of hydrogen-bond acceptors (Lipinski definition) is 9. The molecule has 1 aliphatic heterocycles. The fourth-order valence-electron chi connectivity index (χ4n) is 4.42. The molecule has 0 radical (unpaired) electrons. The summed E-state index contributed by atoms with van der Waals surface area (Å²) in [6.45, 7) is 1.96. The molecule has 1 aromatic carbocycles. The second-order valence-electron chi connectivity index (χ2n) is 8.51. The number of aromatic nitrogens is 4. The van der Waals surface area contributed by atoms with Crippen molar-refractivity contribution >= 4 is 11.2 Å². The van der Waals surface area contributed by atoms with Crippen LogP contribution in [0.1, 0.15) is 44.4 Å². The third-order valence-electron chi connectivity index (χ3n) is 6.28. The lowest BCUT2D eigenvalue weighted by molar-refractivity contribution is -0.0299. The van der Waals surface area contributed by atoms with Crippen LogP contribution in [0.25, 0.3) is 11.2 Å². The molecule has 0 spiro atoms. The van der Waals surface area contributed by atoms with Crippen LogP contribution in [0.15, 0.2) is 30.9 Å². The molecule has 2 fully saturated rings. The predicted molar refractivity (Wildman–Crippen MR) is 117 cm³/mol. The van der Waals surface area contributed by atoms with Crippen LogP contribution in [0.2, 0.25) is 0 Å². The van der Waals surface area contributed by atoms with E-state index in [4.69, 9.17) is 18.9 Å². The fourth-order valence-corrected chi connectivity index (χ4v) is 4.42. The summed E-state index contributed by atoms with van der Waals surface area (Å²) < 4.78 is 24.9. The summed E-state index contributed by atoms with van der Waals surface area (Å²) in [5, 5.41) is 20.4. The molecule has 2 aromatic heterocycles. The van der Waals surface area contributed by atoms with Crippen molar-refractivity contribution in [3.63, 3.8) is 0 Å². The molecule has 1 aliphatic carbocycles. The summed E-state index contributed by atoms with van der Waals surface area (Å²) in [5.74, 6) is 1.72. The van der Waals surface area contributed by atoms with Crippen molar-refractivity contribution in [2.45, 2.75) is 69.9 Å². The van der Waals surface area contributed by atoms with E-state index >= 15 is 0 Å². The zero-order valence-electron chi connectivity index (χ0n) is 18.6. The number of aliphatic hydroxyl groups is 2. The van der Waals surface area contributed by atoms with Gasteiger partial charge in [0, 0.05) is 0 Å². The molecule has 3 aromatic rings. The Balaban J connectivity index is 1.34. The molecule has 10 heteroatoms. The van der Waals surface area contributed by atoms with E-state index in [9.17, 15) is 10.2 Å². The molecule has 1 saturated carbocycles. The van der Waals surface area contributed by atoms with Gasteiger partial charge in [0.05, 0.1) is 25.6 Å². The van der Waals surface area contributed by atoms with Gasteiger partial charge in [-0.2, -0.15) is 4.98 Å². The van der Waals surface area contributed by atoms with Gasteiger partial charge in [0.2, 0.25) is 5.88 Å². The molecule has 10 nitrogen and oxygen atoms in total. The third kappa shape index (κ3) is 4.21. The van der Waals surface area contributed by atoms with Gasteiger partial charge in [-0.25, -0.2) is 9.97 Å². The SMILES string of the molecule is COc1ccc(COc2ncnc3c2ncn3[C@@H]2O[C@H](C)[C@@H](O)[C@H]2O)cc1OC1CCCC1. The Morgan fingerprint density at radius 2 is 1.91 bits per heavy atom. The number of imidazole rings is 1. The van der Waals surface area contributed by atoms with Gasteiger partial charge in [-0.1, -0.05) is 6.07 Å². The maximum atomic E-state index is 10.3. The highest BCUT2D eigenvalue weighted by Crippen LogP contribution is 2.34. The Morgan fingerprint density at radius 3 is 2.64 bits per heavy atom. The van der Waals surface area contributed by atoms with Gasteiger partial charge in [-0.05, 0) is 50.3 Å². The zero-order chi connectivity index (χ0) is 22.9. The molecule has 4 atom stereocenters. The van der Waals surface area contributed by atoms with Gasteiger partial charge in [0.15, 0.2) is 28.9 Å². The van der Waals surface area contributed by atoms with Gasteiger partial charge in [0.25, 0.3) is 0 Å². The summed E-state index contributed by atoms with van der Waals surface area (Å²) in [7, 11) is 1.63. The highest BCUT2D eigenvalue weighted by molar-refractivity contribution is 5.76. The first-order valence-corrected chi connectivity index (χ1v) is 11.2. The van der Waals surface area contributed by atoms with Crippen molar-refractivity contribution in [1.29, 1.82) is 0 Å². The molecule has 176 valence electrons. The molecular formula is C23H28N4O6. The van der Waals surface area contributed by atoms with Crippen molar-refractivity contribution in [2.24, 2.45) is 0 Å². The van der Waals surface area contributed by atoms with Crippen LogP contribution in [-0.4, -0.2) is 61.3 Å². The average molecular weight is 456 g/mol. The largest absolute Gasteiger partial charge is 0.493 e. The van der Waals surface area contributed by atoms with E-state index in [0.29, 0.717) is 28.5 Å². The lowest BCUT2D eigenvalue weighted by atomic mass is 10.1. The van der Waals surface area contributed by atoms with E-state index in [1.54, 1.807) is 18.6 Å². The normalized spacial score (nSPS) is 25.6. The number of rotatable bonds is 7. The molecule has 5 rings (SSSR count). The molecule has 0 amide bonds. The number of aliphatic hydroxyl groups excluding tert-OH is 2. The van der Waals surface area contributed by atoms with E-state index in [1.807, 2.05) is 18.2 Å². The maximum Gasteiger partial charge on any atom is 0.245 e. The number of methoxy groups -OCH3 is 1. The molecule has 0 unspecified atom stereocenters. The van der Waals surface area contributed by atoms with Gasteiger partial charge in [-0.3, -0.25) is 4.57 Å². The number of ether oxygens (including phenoxy) is 4. The minimum absolute atomic E-state index is 0.218. The quantitative estimate of drug-likeness (QED) is 0.552. The Bertz CT molecular complexity index is 1120. The Hall–Kier alpha value is -2.95.